The van der Waals surface area contributed by atoms with E-state index in [0.29, 0.717) is 17.0 Å². The molecule has 0 bridgehead atoms. The number of anilines is 1. The third-order valence-corrected chi connectivity index (χ3v) is 5.95. The molecule has 2 amide bonds. The number of benzene rings is 2. The van der Waals surface area contributed by atoms with Crippen molar-refractivity contribution in [3.05, 3.63) is 59.7 Å². The van der Waals surface area contributed by atoms with E-state index in [0.717, 1.165) is 32.4 Å². The molecule has 0 aliphatic carbocycles. The lowest BCUT2D eigenvalue weighted by atomic mass is 9.82. The summed E-state index contributed by atoms with van der Waals surface area (Å²) in [6.07, 6.45) is 4.38. The number of hydrogen-bond acceptors (Lipinski definition) is 3. The standard InChI is InChI=1S/C25H32N2O3/c1-4-25(2,3)20-10-14-22(15-11-20)30-18-23(28)26-21-12-8-19(9-13-21)24(29)27-16-6-5-7-17-27/h8-15H,4-7,16-18H2,1-3H3,(H,26,28). The molecule has 1 aliphatic rings. The summed E-state index contributed by atoms with van der Waals surface area (Å²) in [5.41, 5.74) is 2.68. The first-order valence-corrected chi connectivity index (χ1v) is 10.8. The first kappa shape index (κ1) is 21.9. The molecule has 1 heterocycles. The maximum atomic E-state index is 12.5. The van der Waals surface area contributed by atoms with Crippen molar-refractivity contribution in [3.63, 3.8) is 0 Å². The van der Waals surface area contributed by atoms with E-state index in [9.17, 15) is 9.59 Å². The molecule has 1 fully saturated rings. The topological polar surface area (TPSA) is 58.6 Å². The summed E-state index contributed by atoms with van der Waals surface area (Å²) in [6.45, 7) is 8.18. The average Bonchev–Trinajstić information content (AvgIpc) is 2.78. The zero-order valence-electron chi connectivity index (χ0n) is 18.2. The van der Waals surface area contributed by atoms with Crippen LogP contribution in [0.25, 0.3) is 0 Å². The van der Waals surface area contributed by atoms with Gasteiger partial charge in [0.15, 0.2) is 6.61 Å². The fraction of sp³-hybridized carbons (Fsp3) is 0.440. The lowest BCUT2D eigenvalue weighted by Gasteiger charge is -2.26. The van der Waals surface area contributed by atoms with Crippen LogP contribution in [-0.4, -0.2) is 36.4 Å². The third kappa shape index (κ3) is 5.62. The Labute approximate surface area is 179 Å². The molecule has 0 saturated carbocycles. The van der Waals surface area contributed by atoms with Crippen LogP contribution in [0.4, 0.5) is 5.69 Å². The molecule has 30 heavy (non-hydrogen) atoms. The van der Waals surface area contributed by atoms with Gasteiger partial charge in [0.1, 0.15) is 5.75 Å². The van der Waals surface area contributed by atoms with Crippen LogP contribution in [0.5, 0.6) is 5.75 Å². The summed E-state index contributed by atoms with van der Waals surface area (Å²) in [5.74, 6) is 0.497. The molecule has 1 saturated heterocycles. The monoisotopic (exact) mass is 408 g/mol. The van der Waals surface area contributed by atoms with E-state index in [2.05, 4.69) is 38.2 Å². The maximum absolute atomic E-state index is 12.5. The second-order valence-electron chi connectivity index (χ2n) is 8.53. The number of ether oxygens (including phenoxy) is 1. The Morgan fingerprint density at radius 1 is 0.967 bits per heavy atom. The number of carbonyl (C=O) groups excluding carboxylic acids is 2. The van der Waals surface area contributed by atoms with E-state index in [1.165, 1.54) is 12.0 Å². The van der Waals surface area contributed by atoms with Gasteiger partial charge in [0.05, 0.1) is 0 Å². The van der Waals surface area contributed by atoms with Crippen LogP contribution < -0.4 is 10.1 Å². The number of rotatable bonds is 7. The fourth-order valence-corrected chi connectivity index (χ4v) is 3.53. The van der Waals surface area contributed by atoms with E-state index in [4.69, 9.17) is 4.74 Å². The second-order valence-corrected chi connectivity index (χ2v) is 8.53. The molecule has 0 radical (unpaired) electrons. The maximum Gasteiger partial charge on any atom is 0.262 e. The van der Waals surface area contributed by atoms with Gasteiger partial charge in [0.25, 0.3) is 11.8 Å². The molecule has 2 aromatic rings. The molecule has 1 aliphatic heterocycles. The highest BCUT2D eigenvalue weighted by molar-refractivity contribution is 5.96. The second kappa shape index (κ2) is 9.79. The molecule has 0 spiro atoms. The van der Waals surface area contributed by atoms with E-state index >= 15 is 0 Å². The molecule has 3 rings (SSSR count). The van der Waals surface area contributed by atoms with Gasteiger partial charge in [-0.25, -0.2) is 0 Å². The van der Waals surface area contributed by atoms with Crippen molar-refractivity contribution in [2.24, 2.45) is 0 Å². The van der Waals surface area contributed by atoms with E-state index < -0.39 is 0 Å². The first-order chi connectivity index (χ1) is 14.4. The summed E-state index contributed by atoms with van der Waals surface area (Å²) in [4.78, 5) is 26.6. The zero-order valence-corrected chi connectivity index (χ0v) is 18.2. The minimum absolute atomic E-state index is 0.0607. The molecule has 160 valence electrons. The molecule has 5 nitrogen and oxygen atoms in total. The summed E-state index contributed by atoms with van der Waals surface area (Å²) in [5, 5.41) is 2.81. The van der Waals surface area contributed by atoms with Gasteiger partial charge in [-0.15, -0.1) is 0 Å². The number of amides is 2. The minimum atomic E-state index is -0.233. The van der Waals surface area contributed by atoms with Gasteiger partial charge in [-0.3, -0.25) is 9.59 Å². The van der Waals surface area contributed by atoms with Crippen LogP contribution in [0.15, 0.2) is 48.5 Å². The fourth-order valence-electron chi connectivity index (χ4n) is 3.53. The Hall–Kier alpha value is -2.82. The van der Waals surface area contributed by atoms with Crippen LogP contribution in [0.3, 0.4) is 0 Å². The van der Waals surface area contributed by atoms with Crippen LogP contribution in [0.1, 0.15) is 62.4 Å². The van der Waals surface area contributed by atoms with Crippen LogP contribution >= 0.6 is 0 Å². The Bertz CT molecular complexity index is 851. The zero-order chi connectivity index (χ0) is 21.6. The quantitative estimate of drug-likeness (QED) is 0.700. The van der Waals surface area contributed by atoms with Gasteiger partial charge in [-0.05, 0) is 73.1 Å². The van der Waals surface area contributed by atoms with Gasteiger partial charge in [-0.2, -0.15) is 0 Å². The van der Waals surface area contributed by atoms with Gasteiger partial charge in [0, 0.05) is 24.3 Å². The smallest absolute Gasteiger partial charge is 0.262 e. The summed E-state index contributed by atoms with van der Waals surface area (Å²) >= 11 is 0. The predicted octanol–water partition coefficient (Wildman–Crippen LogP) is 5.02. The SMILES string of the molecule is CCC(C)(C)c1ccc(OCC(=O)Nc2ccc(C(=O)N3CCCCC3)cc2)cc1. The molecular formula is C25H32N2O3. The number of hydrogen-bond donors (Lipinski definition) is 1. The summed E-state index contributed by atoms with van der Waals surface area (Å²) in [7, 11) is 0. The lowest BCUT2D eigenvalue weighted by Crippen LogP contribution is -2.35. The van der Waals surface area contributed by atoms with Crippen molar-refractivity contribution < 1.29 is 14.3 Å². The van der Waals surface area contributed by atoms with Gasteiger partial charge in [-0.1, -0.05) is 32.9 Å². The van der Waals surface area contributed by atoms with Crippen molar-refractivity contribution in [1.29, 1.82) is 0 Å². The molecular weight excluding hydrogens is 376 g/mol. The van der Waals surface area contributed by atoms with Crippen LogP contribution in [-0.2, 0) is 10.2 Å². The highest BCUT2D eigenvalue weighted by atomic mass is 16.5. The Morgan fingerprint density at radius 2 is 1.60 bits per heavy atom. The van der Waals surface area contributed by atoms with Crippen molar-refractivity contribution in [3.8, 4) is 5.75 Å². The van der Waals surface area contributed by atoms with Gasteiger partial charge >= 0.3 is 0 Å². The van der Waals surface area contributed by atoms with Crippen molar-refractivity contribution in [1.82, 2.24) is 4.90 Å². The summed E-state index contributed by atoms with van der Waals surface area (Å²) < 4.78 is 5.61. The average molecular weight is 409 g/mol. The van der Waals surface area contributed by atoms with Crippen LogP contribution in [0.2, 0.25) is 0 Å². The summed E-state index contributed by atoms with van der Waals surface area (Å²) in [6, 6.07) is 15.0. The molecule has 5 heteroatoms. The minimum Gasteiger partial charge on any atom is -0.484 e. The number of carbonyl (C=O) groups is 2. The number of nitrogens with one attached hydrogen (secondary N) is 1. The van der Waals surface area contributed by atoms with E-state index in [1.807, 2.05) is 17.0 Å². The molecule has 2 aromatic carbocycles. The first-order valence-electron chi connectivity index (χ1n) is 10.8. The third-order valence-electron chi connectivity index (χ3n) is 5.95. The molecule has 0 unspecified atom stereocenters. The Morgan fingerprint density at radius 3 is 2.20 bits per heavy atom. The largest absolute Gasteiger partial charge is 0.484 e. The predicted molar refractivity (Wildman–Crippen MR) is 120 cm³/mol. The highest BCUT2D eigenvalue weighted by Gasteiger charge is 2.19. The normalized spacial score (nSPS) is 14.3. The Balaban J connectivity index is 1.49. The molecule has 0 aromatic heterocycles. The van der Waals surface area contributed by atoms with Crippen molar-refractivity contribution in [2.45, 2.75) is 51.9 Å². The highest BCUT2D eigenvalue weighted by Crippen LogP contribution is 2.28. The van der Waals surface area contributed by atoms with Gasteiger partial charge in [0.2, 0.25) is 0 Å². The number of nitrogens with zero attached hydrogens (tertiary/aromatic N) is 1. The van der Waals surface area contributed by atoms with E-state index in [1.54, 1.807) is 24.3 Å². The van der Waals surface area contributed by atoms with Gasteiger partial charge < -0.3 is 15.0 Å². The van der Waals surface area contributed by atoms with Crippen molar-refractivity contribution >= 4 is 17.5 Å². The number of piperidine rings is 1. The lowest BCUT2D eigenvalue weighted by molar-refractivity contribution is -0.118. The van der Waals surface area contributed by atoms with E-state index in [-0.39, 0.29) is 23.8 Å². The molecule has 0 atom stereocenters. The molecule has 1 N–H and O–H groups in total. The van der Waals surface area contributed by atoms with Crippen LogP contribution in [0, 0.1) is 0 Å². The Kier molecular flexibility index (Phi) is 7.14. The van der Waals surface area contributed by atoms with Crippen molar-refractivity contribution in [2.75, 3.05) is 25.0 Å². The number of likely N-dealkylation sites (tertiary alicyclic amines) is 1.